The maximum absolute atomic E-state index is 11.3. The molecule has 1 rings (SSSR count). The lowest BCUT2D eigenvalue weighted by molar-refractivity contribution is 0.200. The first-order chi connectivity index (χ1) is 7.76. The molecule has 1 aromatic rings. The number of carbonyl (C=O) groups is 1. The van der Waals surface area contributed by atoms with Gasteiger partial charge in [-0.2, -0.15) is 0 Å². The molecular formula is C12H18N2O2. The lowest BCUT2D eigenvalue weighted by Gasteiger charge is -2.06. The van der Waals surface area contributed by atoms with Crippen LogP contribution in [-0.2, 0) is 6.42 Å². The van der Waals surface area contributed by atoms with Crippen molar-refractivity contribution in [2.45, 2.75) is 19.8 Å². The number of aryl methyl sites for hydroxylation is 1. The molecule has 0 bridgehead atoms. The molecule has 4 nitrogen and oxygen atoms in total. The van der Waals surface area contributed by atoms with Crippen molar-refractivity contribution in [1.29, 1.82) is 0 Å². The Morgan fingerprint density at radius 1 is 1.38 bits per heavy atom. The smallest absolute Gasteiger partial charge is 0.410 e. The molecule has 0 saturated carbocycles. The van der Waals surface area contributed by atoms with Crippen LogP contribution in [0.1, 0.15) is 18.9 Å². The van der Waals surface area contributed by atoms with Crippen LogP contribution in [0.15, 0.2) is 24.3 Å². The Labute approximate surface area is 95.8 Å². The van der Waals surface area contributed by atoms with E-state index in [0.717, 1.165) is 12.8 Å². The number of hydrogen-bond donors (Lipinski definition) is 2. The SMILES string of the molecule is CCc1ccc(OC(=O)NCCCN)cc1. The predicted molar refractivity (Wildman–Crippen MR) is 63.5 cm³/mol. The highest BCUT2D eigenvalue weighted by atomic mass is 16.5. The summed E-state index contributed by atoms with van der Waals surface area (Å²) in [4.78, 5) is 11.3. The quantitative estimate of drug-likeness (QED) is 0.745. The molecule has 0 radical (unpaired) electrons. The van der Waals surface area contributed by atoms with Crippen LogP contribution in [0.3, 0.4) is 0 Å². The van der Waals surface area contributed by atoms with Crippen LogP contribution in [0.25, 0.3) is 0 Å². The van der Waals surface area contributed by atoms with Gasteiger partial charge in [-0.15, -0.1) is 0 Å². The number of amides is 1. The highest BCUT2D eigenvalue weighted by molar-refractivity contribution is 5.70. The van der Waals surface area contributed by atoms with Crippen molar-refractivity contribution in [2.75, 3.05) is 13.1 Å². The summed E-state index contributed by atoms with van der Waals surface area (Å²) in [5, 5.41) is 2.62. The molecule has 4 heteroatoms. The molecule has 0 aliphatic heterocycles. The number of nitrogens with two attached hydrogens (primary N) is 1. The second-order valence-corrected chi connectivity index (χ2v) is 3.46. The normalized spacial score (nSPS) is 9.88. The molecule has 1 amide bonds. The summed E-state index contributed by atoms with van der Waals surface area (Å²) in [5.41, 5.74) is 6.53. The number of carbonyl (C=O) groups excluding carboxylic acids is 1. The molecule has 0 heterocycles. The third-order valence-electron chi connectivity index (χ3n) is 2.19. The summed E-state index contributed by atoms with van der Waals surface area (Å²) >= 11 is 0. The van der Waals surface area contributed by atoms with Gasteiger partial charge in [-0.05, 0) is 37.1 Å². The summed E-state index contributed by atoms with van der Waals surface area (Å²) in [6.45, 7) is 3.18. The third-order valence-corrected chi connectivity index (χ3v) is 2.19. The van der Waals surface area contributed by atoms with Crippen LogP contribution in [0.4, 0.5) is 4.79 Å². The van der Waals surface area contributed by atoms with Crippen LogP contribution in [-0.4, -0.2) is 19.2 Å². The summed E-state index contributed by atoms with van der Waals surface area (Å²) in [6.07, 6.45) is 1.30. The first kappa shape index (κ1) is 12.5. The Morgan fingerprint density at radius 2 is 2.06 bits per heavy atom. The fourth-order valence-corrected chi connectivity index (χ4v) is 1.23. The summed E-state index contributed by atoms with van der Waals surface area (Å²) in [6, 6.07) is 7.48. The molecule has 0 atom stereocenters. The molecule has 16 heavy (non-hydrogen) atoms. The largest absolute Gasteiger partial charge is 0.412 e. The van der Waals surface area contributed by atoms with Gasteiger partial charge in [0.25, 0.3) is 0 Å². The molecule has 0 aliphatic rings. The summed E-state index contributed by atoms with van der Waals surface area (Å²) < 4.78 is 5.07. The van der Waals surface area contributed by atoms with E-state index in [1.54, 1.807) is 12.1 Å². The van der Waals surface area contributed by atoms with Gasteiger partial charge in [-0.25, -0.2) is 4.79 Å². The fourth-order valence-electron chi connectivity index (χ4n) is 1.23. The molecule has 0 saturated heterocycles. The number of nitrogens with one attached hydrogen (secondary N) is 1. The topological polar surface area (TPSA) is 64.3 Å². The van der Waals surface area contributed by atoms with Gasteiger partial charge in [0.05, 0.1) is 0 Å². The van der Waals surface area contributed by atoms with Crippen molar-refractivity contribution in [3.8, 4) is 5.75 Å². The van der Waals surface area contributed by atoms with Crippen LogP contribution in [0.2, 0.25) is 0 Å². The first-order valence-corrected chi connectivity index (χ1v) is 5.51. The molecule has 0 spiro atoms. The Hall–Kier alpha value is -1.55. The number of rotatable bonds is 5. The zero-order valence-corrected chi connectivity index (χ0v) is 9.53. The summed E-state index contributed by atoms with van der Waals surface area (Å²) in [7, 11) is 0. The Balaban J connectivity index is 2.37. The van der Waals surface area contributed by atoms with Gasteiger partial charge in [-0.1, -0.05) is 19.1 Å². The second kappa shape index (κ2) is 6.85. The maximum atomic E-state index is 11.3. The third kappa shape index (κ3) is 4.31. The fraction of sp³-hybridized carbons (Fsp3) is 0.417. The van der Waals surface area contributed by atoms with Gasteiger partial charge < -0.3 is 15.8 Å². The second-order valence-electron chi connectivity index (χ2n) is 3.46. The van der Waals surface area contributed by atoms with E-state index < -0.39 is 6.09 Å². The van der Waals surface area contributed by atoms with Gasteiger partial charge in [-0.3, -0.25) is 0 Å². The van der Waals surface area contributed by atoms with Crippen molar-refractivity contribution < 1.29 is 9.53 Å². The highest BCUT2D eigenvalue weighted by Gasteiger charge is 2.02. The van der Waals surface area contributed by atoms with Crippen LogP contribution in [0.5, 0.6) is 5.75 Å². The number of benzene rings is 1. The van der Waals surface area contributed by atoms with Gasteiger partial charge in [0.1, 0.15) is 5.75 Å². The van der Waals surface area contributed by atoms with Crippen molar-refractivity contribution in [2.24, 2.45) is 5.73 Å². The lowest BCUT2D eigenvalue weighted by Crippen LogP contribution is -2.28. The highest BCUT2D eigenvalue weighted by Crippen LogP contribution is 2.12. The minimum atomic E-state index is -0.433. The zero-order chi connectivity index (χ0) is 11.8. The van der Waals surface area contributed by atoms with E-state index >= 15 is 0 Å². The molecule has 3 N–H and O–H groups in total. The Bertz CT molecular complexity index is 322. The average Bonchev–Trinajstić information content (AvgIpc) is 2.30. The van der Waals surface area contributed by atoms with E-state index in [1.165, 1.54) is 5.56 Å². The average molecular weight is 222 g/mol. The minimum absolute atomic E-state index is 0.433. The summed E-state index contributed by atoms with van der Waals surface area (Å²) in [5.74, 6) is 0.558. The minimum Gasteiger partial charge on any atom is -0.410 e. The van der Waals surface area contributed by atoms with Crippen LogP contribution in [0, 0.1) is 0 Å². The van der Waals surface area contributed by atoms with Crippen molar-refractivity contribution in [3.63, 3.8) is 0 Å². The molecule has 0 fully saturated rings. The van der Waals surface area contributed by atoms with Crippen LogP contribution >= 0.6 is 0 Å². The first-order valence-electron chi connectivity index (χ1n) is 5.51. The van der Waals surface area contributed by atoms with E-state index in [1.807, 2.05) is 12.1 Å². The number of hydrogen-bond acceptors (Lipinski definition) is 3. The molecule has 1 aromatic carbocycles. The van der Waals surface area contributed by atoms with Crippen molar-refractivity contribution in [1.82, 2.24) is 5.32 Å². The van der Waals surface area contributed by atoms with Gasteiger partial charge in [0, 0.05) is 6.54 Å². The Kier molecular flexibility index (Phi) is 5.36. The van der Waals surface area contributed by atoms with E-state index in [4.69, 9.17) is 10.5 Å². The van der Waals surface area contributed by atoms with Gasteiger partial charge in [0.15, 0.2) is 0 Å². The van der Waals surface area contributed by atoms with Gasteiger partial charge >= 0.3 is 6.09 Å². The van der Waals surface area contributed by atoms with E-state index in [-0.39, 0.29) is 0 Å². The van der Waals surface area contributed by atoms with Crippen molar-refractivity contribution in [3.05, 3.63) is 29.8 Å². The van der Waals surface area contributed by atoms with E-state index in [0.29, 0.717) is 18.8 Å². The molecule has 0 aliphatic carbocycles. The molecule has 88 valence electrons. The maximum Gasteiger partial charge on any atom is 0.412 e. The van der Waals surface area contributed by atoms with Gasteiger partial charge in [0.2, 0.25) is 0 Å². The standard InChI is InChI=1S/C12H18N2O2/c1-2-10-4-6-11(7-5-10)16-12(15)14-9-3-8-13/h4-7H,2-3,8-9,13H2,1H3,(H,14,15). The molecule has 0 unspecified atom stereocenters. The Morgan fingerprint density at radius 3 is 2.62 bits per heavy atom. The molecule has 0 aromatic heterocycles. The van der Waals surface area contributed by atoms with E-state index in [9.17, 15) is 4.79 Å². The predicted octanol–water partition coefficient (Wildman–Crippen LogP) is 1.69. The molecular weight excluding hydrogens is 204 g/mol. The lowest BCUT2D eigenvalue weighted by atomic mass is 10.2. The number of ether oxygens (including phenoxy) is 1. The monoisotopic (exact) mass is 222 g/mol. The van der Waals surface area contributed by atoms with Crippen LogP contribution < -0.4 is 15.8 Å². The van der Waals surface area contributed by atoms with Crippen molar-refractivity contribution >= 4 is 6.09 Å². The zero-order valence-electron chi connectivity index (χ0n) is 9.53. The van der Waals surface area contributed by atoms with E-state index in [2.05, 4.69) is 12.2 Å².